The number of hydrogen-bond donors (Lipinski definition) is 2. The Hall–Kier alpha value is -2.68. The van der Waals surface area contributed by atoms with E-state index in [0.29, 0.717) is 17.9 Å². The van der Waals surface area contributed by atoms with Crippen LogP contribution in [0.1, 0.15) is 26.2 Å². The maximum atomic E-state index is 11.8. The number of carbonyl (C=O) groups excluding carboxylic acids is 2. The molecule has 2 N–H and O–H groups in total. The number of nitrogens with one attached hydrogen (secondary N) is 2. The topological polar surface area (TPSA) is 109 Å². The zero-order valence-electron chi connectivity index (χ0n) is 12.4. The zero-order valence-corrected chi connectivity index (χ0v) is 13.2. The Morgan fingerprint density at radius 2 is 2.30 bits per heavy atom. The molecule has 0 atom stereocenters. The lowest BCUT2D eigenvalue weighted by Crippen LogP contribution is -2.38. The molecule has 3 heterocycles. The van der Waals surface area contributed by atoms with Crippen LogP contribution in [0.25, 0.3) is 11.0 Å². The number of carbonyl (C=O) groups is 2. The molecule has 0 bridgehead atoms. The Morgan fingerprint density at radius 3 is 3.13 bits per heavy atom. The van der Waals surface area contributed by atoms with Crippen LogP contribution in [0.4, 0.5) is 5.00 Å². The second-order valence-corrected chi connectivity index (χ2v) is 5.58. The molecule has 9 heteroatoms. The maximum absolute atomic E-state index is 11.8. The van der Waals surface area contributed by atoms with Gasteiger partial charge < -0.3 is 5.32 Å². The van der Waals surface area contributed by atoms with Gasteiger partial charge in [-0.2, -0.15) is 9.47 Å². The van der Waals surface area contributed by atoms with Gasteiger partial charge in [0.2, 0.25) is 5.91 Å². The van der Waals surface area contributed by atoms with E-state index < -0.39 is 0 Å². The van der Waals surface area contributed by atoms with Crippen LogP contribution in [0.5, 0.6) is 0 Å². The van der Waals surface area contributed by atoms with E-state index in [1.54, 1.807) is 13.1 Å². The number of aromatic nitrogens is 2. The van der Waals surface area contributed by atoms with Crippen molar-refractivity contribution >= 4 is 50.9 Å². The maximum Gasteiger partial charge on any atom is 0.225 e. The van der Waals surface area contributed by atoms with E-state index in [-0.39, 0.29) is 30.4 Å². The molecule has 0 unspecified atom stereocenters. The predicted molar refractivity (Wildman–Crippen MR) is 88.6 cm³/mol. The van der Waals surface area contributed by atoms with Gasteiger partial charge in [-0.05, 0) is 23.7 Å². The predicted octanol–water partition coefficient (Wildman–Crippen LogP) is 1.70. The second kappa shape index (κ2) is 6.61. The lowest BCUT2D eigenvalue weighted by Gasteiger charge is -2.12. The number of rotatable bonds is 3. The smallest absolute Gasteiger partial charge is 0.225 e. The first-order valence-corrected chi connectivity index (χ1v) is 7.89. The van der Waals surface area contributed by atoms with Gasteiger partial charge in [-0.15, -0.1) is 0 Å². The van der Waals surface area contributed by atoms with E-state index in [4.69, 9.17) is 0 Å². The number of pyridine rings is 1. The van der Waals surface area contributed by atoms with Crippen molar-refractivity contribution in [2.45, 2.75) is 26.2 Å². The monoisotopic (exact) mass is 330 g/mol. The van der Waals surface area contributed by atoms with Gasteiger partial charge in [-0.25, -0.2) is 9.98 Å². The largest absolute Gasteiger partial charge is 0.308 e. The molecule has 23 heavy (non-hydrogen) atoms. The Labute approximate surface area is 135 Å². The molecule has 0 saturated carbocycles. The molecule has 0 fully saturated rings. The molecule has 2 aromatic rings. The van der Waals surface area contributed by atoms with Crippen molar-refractivity contribution in [2.75, 3.05) is 5.43 Å². The van der Waals surface area contributed by atoms with Crippen LogP contribution in [0.15, 0.2) is 28.4 Å². The highest BCUT2D eigenvalue weighted by Crippen LogP contribution is 2.25. The van der Waals surface area contributed by atoms with Crippen molar-refractivity contribution in [3.63, 3.8) is 0 Å². The molecule has 1 aliphatic rings. The van der Waals surface area contributed by atoms with E-state index >= 15 is 0 Å². The van der Waals surface area contributed by atoms with Gasteiger partial charge in [0, 0.05) is 25.5 Å². The number of fused-ring (bicyclic) bond motifs is 1. The summed E-state index contributed by atoms with van der Waals surface area (Å²) in [5.74, 6) is 0.0879. The first-order valence-electron chi connectivity index (χ1n) is 7.12. The third-order valence-electron chi connectivity index (χ3n) is 3.20. The summed E-state index contributed by atoms with van der Waals surface area (Å²) >= 11 is 1.25. The number of hydrogen-bond acceptors (Lipinski definition) is 7. The average molecular weight is 330 g/mol. The average Bonchev–Trinajstić information content (AvgIpc) is 2.98. The molecule has 0 radical (unpaired) electrons. The van der Waals surface area contributed by atoms with Crippen molar-refractivity contribution in [3.05, 3.63) is 18.3 Å². The highest BCUT2D eigenvalue weighted by molar-refractivity contribution is 7.11. The third-order valence-corrected chi connectivity index (χ3v) is 3.96. The van der Waals surface area contributed by atoms with E-state index in [9.17, 15) is 9.59 Å². The van der Waals surface area contributed by atoms with E-state index in [2.05, 4.69) is 30.2 Å². The van der Waals surface area contributed by atoms with Crippen molar-refractivity contribution in [2.24, 2.45) is 10.1 Å². The molecule has 8 nitrogen and oxygen atoms in total. The van der Waals surface area contributed by atoms with Gasteiger partial charge in [0.15, 0.2) is 23.1 Å². The van der Waals surface area contributed by atoms with Crippen LogP contribution < -0.4 is 10.7 Å². The minimum absolute atomic E-state index is 0.0551. The molecule has 0 aliphatic carbocycles. The summed E-state index contributed by atoms with van der Waals surface area (Å²) in [6.07, 6.45) is 2.66. The molecule has 0 aromatic carbocycles. The lowest BCUT2D eigenvalue weighted by atomic mass is 10.1. The number of ketones is 1. The van der Waals surface area contributed by atoms with Crippen LogP contribution in [0.3, 0.4) is 0 Å². The van der Waals surface area contributed by atoms with E-state index in [1.807, 2.05) is 12.1 Å². The van der Waals surface area contributed by atoms with Crippen molar-refractivity contribution in [3.8, 4) is 0 Å². The number of anilines is 1. The van der Waals surface area contributed by atoms with Gasteiger partial charge in [-0.1, -0.05) is 6.92 Å². The number of aliphatic imine (C=N–C) groups is 1. The van der Waals surface area contributed by atoms with E-state index in [1.165, 1.54) is 11.5 Å². The van der Waals surface area contributed by atoms with Crippen LogP contribution in [0, 0.1) is 0 Å². The molecular weight excluding hydrogens is 316 g/mol. The SMILES string of the molecule is CCC(=O)NC1=NC(=NNc2snc3ncccc23)CCC1=O. The molecule has 1 aliphatic heterocycles. The van der Waals surface area contributed by atoms with E-state index in [0.717, 1.165) is 10.4 Å². The molecular formula is C14H14N6O2S. The Bertz CT molecular complexity index is 826. The number of Topliss-reactive ketones (excluding diaryl/α,β-unsaturated/α-hetero) is 1. The fraction of sp³-hybridized carbons (Fsp3) is 0.286. The minimum atomic E-state index is -0.245. The fourth-order valence-corrected chi connectivity index (χ4v) is 2.64. The molecule has 3 rings (SSSR count). The summed E-state index contributed by atoms with van der Waals surface area (Å²) in [6.45, 7) is 1.71. The van der Waals surface area contributed by atoms with Gasteiger partial charge >= 0.3 is 0 Å². The first kappa shape index (κ1) is 15.2. The van der Waals surface area contributed by atoms with Crippen LogP contribution in [-0.2, 0) is 9.59 Å². The number of nitrogens with zero attached hydrogens (tertiary/aromatic N) is 4. The summed E-state index contributed by atoms with van der Waals surface area (Å²) in [7, 11) is 0. The van der Waals surface area contributed by atoms with Crippen LogP contribution >= 0.6 is 11.5 Å². The van der Waals surface area contributed by atoms with Gasteiger partial charge in [0.05, 0.1) is 5.39 Å². The molecule has 118 valence electrons. The highest BCUT2D eigenvalue weighted by atomic mass is 32.1. The Kier molecular flexibility index (Phi) is 4.38. The van der Waals surface area contributed by atoms with Crippen molar-refractivity contribution < 1.29 is 9.59 Å². The molecule has 1 amide bonds. The standard InChI is InChI=1S/C14H14N6O2S/c1-2-11(22)17-13-9(21)5-6-10(16-13)18-19-14-8-4-3-7-15-12(8)20-23-14/h3-4,7,19H,2,5-6H2,1H3,(H,16,17,18,22). The summed E-state index contributed by atoms with van der Waals surface area (Å²) in [4.78, 5) is 31.4. The third kappa shape index (κ3) is 3.39. The summed E-state index contributed by atoms with van der Waals surface area (Å²) in [6, 6.07) is 3.72. The Balaban J connectivity index is 1.79. The van der Waals surface area contributed by atoms with Gasteiger partial charge in [0.25, 0.3) is 0 Å². The summed E-state index contributed by atoms with van der Waals surface area (Å²) in [5, 5.41) is 8.34. The van der Waals surface area contributed by atoms with Crippen molar-refractivity contribution in [1.82, 2.24) is 14.7 Å². The first-order chi connectivity index (χ1) is 11.2. The second-order valence-electron chi connectivity index (χ2n) is 4.81. The number of amidine groups is 2. The van der Waals surface area contributed by atoms with Gasteiger partial charge in [0.1, 0.15) is 5.00 Å². The summed E-state index contributed by atoms with van der Waals surface area (Å²) < 4.78 is 4.21. The molecule has 2 aromatic heterocycles. The minimum Gasteiger partial charge on any atom is -0.308 e. The Morgan fingerprint density at radius 1 is 1.43 bits per heavy atom. The highest BCUT2D eigenvalue weighted by Gasteiger charge is 2.20. The van der Waals surface area contributed by atoms with Gasteiger partial charge in [-0.3, -0.25) is 15.0 Å². The fourth-order valence-electron chi connectivity index (χ4n) is 1.97. The van der Waals surface area contributed by atoms with Crippen LogP contribution in [-0.4, -0.2) is 32.7 Å². The zero-order chi connectivity index (χ0) is 16.2. The molecule has 0 saturated heterocycles. The normalized spacial score (nSPS) is 16.5. The van der Waals surface area contributed by atoms with Crippen LogP contribution in [0.2, 0.25) is 0 Å². The number of amides is 1. The lowest BCUT2D eigenvalue weighted by molar-refractivity contribution is -0.120. The molecule has 0 spiro atoms. The summed E-state index contributed by atoms with van der Waals surface area (Å²) in [5.41, 5.74) is 3.56. The van der Waals surface area contributed by atoms with Crippen molar-refractivity contribution in [1.29, 1.82) is 0 Å². The quantitative estimate of drug-likeness (QED) is 0.833. The number of hydrazone groups is 1.